The zero-order valence-corrected chi connectivity index (χ0v) is 19.0. The van der Waals surface area contributed by atoms with E-state index in [0.29, 0.717) is 44.0 Å². The van der Waals surface area contributed by atoms with Gasteiger partial charge in [-0.15, -0.1) is 0 Å². The molecule has 168 valence electrons. The maximum Gasteiger partial charge on any atom is 0.243 e. The zero-order valence-electron chi connectivity index (χ0n) is 17.3. The molecule has 2 aromatic carbocycles. The summed E-state index contributed by atoms with van der Waals surface area (Å²) in [4.78, 5) is 2.58. The summed E-state index contributed by atoms with van der Waals surface area (Å²) in [6.45, 7) is 2.50. The van der Waals surface area contributed by atoms with Gasteiger partial charge in [-0.3, -0.25) is 0 Å². The van der Waals surface area contributed by atoms with Crippen molar-refractivity contribution in [3.63, 3.8) is 0 Å². The Hall–Kier alpha value is -1.81. The lowest BCUT2D eigenvalue weighted by Crippen LogP contribution is -2.48. The van der Waals surface area contributed by atoms with Crippen LogP contribution >= 0.6 is 0 Å². The Morgan fingerprint density at radius 3 is 2.16 bits per heavy atom. The molecular formula is C22H27FN2O4S2. The van der Waals surface area contributed by atoms with Gasteiger partial charge in [0.15, 0.2) is 9.84 Å². The highest BCUT2D eigenvalue weighted by molar-refractivity contribution is 7.91. The lowest BCUT2D eigenvalue weighted by molar-refractivity contribution is 0.189. The molecule has 0 amide bonds. The van der Waals surface area contributed by atoms with Crippen LogP contribution in [0.1, 0.15) is 24.0 Å². The molecule has 1 fully saturated rings. The second-order valence-corrected chi connectivity index (χ2v) is 12.2. The third kappa shape index (κ3) is 5.00. The maximum absolute atomic E-state index is 13.0. The van der Waals surface area contributed by atoms with Crippen molar-refractivity contribution in [2.24, 2.45) is 0 Å². The highest BCUT2D eigenvalue weighted by Gasteiger charge is 2.29. The number of hydrogen-bond donors (Lipinski definition) is 0. The van der Waals surface area contributed by atoms with Gasteiger partial charge in [-0.05, 0) is 79.8 Å². The van der Waals surface area contributed by atoms with E-state index in [9.17, 15) is 21.2 Å². The third-order valence-corrected chi connectivity index (χ3v) is 9.81. The molecule has 0 saturated carbocycles. The van der Waals surface area contributed by atoms with Crippen molar-refractivity contribution in [2.45, 2.75) is 35.5 Å². The summed E-state index contributed by atoms with van der Waals surface area (Å²) >= 11 is 0. The molecule has 1 aliphatic heterocycles. The molecular weight excluding hydrogens is 439 g/mol. The Morgan fingerprint density at radius 2 is 1.45 bits per heavy atom. The van der Waals surface area contributed by atoms with Gasteiger partial charge in [0.25, 0.3) is 0 Å². The quantitative estimate of drug-likeness (QED) is 0.586. The topological polar surface area (TPSA) is 74.8 Å². The van der Waals surface area contributed by atoms with Crippen molar-refractivity contribution in [3.8, 4) is 0 Å². The van der Waals surface area contributed by atoms with Crippen molar-refractivity contribution in [1.29, 1.82) is 0 Å². The number of nitrogens with zero attached hydrogens (tertiary/aromatic N) is 2. The molecule has 31 heavy (non-hydrogen) atoms. The van der Waals surface area contributed by atoms with Crippen LogP contribution in [0.15, 0.2) is 52.3 Å². The maximum atomic E-state index is 13.0. The number of halogens is 1. The minimum absolute atomic E-state index is 0.0216. The number of sulfonamides is 1. The summed E-state index contributed by atoms with van der Waals surface area (Å²) in [7, 11) is -6.96. The lowest BCUT2D eigenvalue weighted by atomic mass is 10.1. The van der Waals surface area contributed by atoms with E-state index in [1.807, 2.05) is 12.1 Å². The van der Waals surface area contributed by atoms with Crippen LogP contribution in [0.25, 0.3) is 0 Å². The lowest BCUT2D eigenvalue weighted by Gasteiger charge is -2.34. The fraction of sp³-hybridized carbons (Fsp3) is 0.455. The number of aryl methyl sites for hydroxylation is 2. The van der Waals surface area contributed by atoms with E-state index in [1.54, 1.807) is 6.07 Å². The number of sulfone groups is 1. The van der Waals surface area contributed by atoms with Gasteiger partial charge in [0.2, 0.25) is 10.0 Å². The molecule has 1 heterocycles. The van der Waals surface area contributed by atoms with E-state index < -0.39 is 25.7 Å². The zero-order chi connectivity index (χ0) is 22.1. The van der Waals surface area contributed by atoms with Crippen molar-refractivity contribution < 1.29 is 21.2 Å². The fourth-order valence-electron chi connectivity index (χ4n) is 4.29. The first kappa shape index (κ1) is 22.4. The molecule has 0 bridgehead atoms. The Labute approximate surface area is 183 Å². The predicted octanol–water partition coefficient (Wildman–Crippen LogP) is 2.48. The largest absolute Gasteiger partial charge is 0.301 e. The van der Waals surface area contributed by atoms with E-state index in [2.05, 4.69) is 4.90 Å². The van der Waals surface area contributed by atoms with Crippen LogP contribution in [0, 0.1) is 5.82 Å². The fourth-order valence-corrected chi connectivity index (χ4v) is 7.06. The molecule has 4 rings (SSSR count). The predicted molar refractivity (Wildman–Crippen MR) is 117 cm³/mol. The molecule has 9 heteroatoms. The molecule has 0 spiro atoms. The van der Waals surface area contributed by atoms with Crippen molar-refractivity contribution in [1.82, 2.24) is 9.21 Å². The van der Waals surface area contributed by atoms with Crippen LogP contribution in [-0.2, 0) is 32.7 Å². The van der Waals surface area contributed by atoms with Gasteiger partial charge < -0.3 is 4.90 Å². The molecule has 1 aliphatic carbocycles. The monoisotopic (exact) mass is 466 g/mol. The number of fused-ring (bicyclic) bond motifs is 1. The second kappa shape index (κ2) is 8.97. The normalized spacial score (nSPS) is 18.2. The van der Waals surface area contributed by atoms with Gasteiger partial charge in [0.1, 0.15) is 5.82 Å². The SMILES string of the molecule is O=S(=O)(CCCN1CCN(S(=O)(=O)c2ccc3c(c2)CCC3)CC1)c1ccc(F)cc1. The van der Waals surface area contributed by atoms with Crippen molar-refractivity contribution in [2.75, 3.05) is 38.5 Å². The highest BCUT2D eigenvalue weighted by Crippen LogP contribution is 2.26. The number of hydrogen-bond acceptors (Lipinski definition) is 5. The van der Waals surface area contributed by atoms with Gasteiger partial charge in [0.05, 0.1) is 15.5 Å². The molecule has 1 saturated heterocycles. The summed E-state index contributed by atoms with van der Waals surface area (Å²) in [6, 6.07) is 10.3. The summed E-state index contributed by atoms with van der Waals surface area (Å²) in [5.74, 6) is -0.488. The number of rotatable bonds is 7. The van der Waals surface area contributed by atoms with Crippen LogP contribution < -0.4 is 0 Å². The first-order chi connectivity index (χ1) is 14.8. The number of piperazine rings is 1. The van der Waals surface area contributed by atoms with Crippen molar-refractivity contribution >= 4 is 19.9 Å². The minimum Gasteiger partial charge on any atom is -0.301 e. The molecule has 2 aliphatic rings. The Morgan fingerprint density at radius 1 is 0.806 bits per heavy atom. The van der Waals surface area contributed by atoms with Crippen LogP contribution in [0.3, 0.4) is 0 Å². The second-order valence-electron chi connectivity index (χ2n) is 8.16. The Bertz CT molecular complexity index is 1140. The Balaban J connectivity index is 1.29. The van der Waals surface area contributed by atoms with Gasteiger partial charge in [-0.2, -0.15) is 4.31 Å². The number of benzene rings is 2. The summed E-state index contributed by atoms with van der Waals surface area (Å²) in [6.07, 6.45) is 3.48. The van der Waals surface area contributed by atoms with Gasteiger partial charge in [-0.25, -0.2) is 21.2 Å². The summed E-state index contributed by atoms with van der Waals surface area (Å²) in [5.41, 5.74) is 2.39. The minimum atomic E-state index is -3.51. The van der Waals surface area contributed by atoms with Crippen LogP contribution in [0.4, 0.5) is 4.39 Å². The first-order valence-corrected chi connectivity index (χ1v) is 13.7. The standard InChI is InChI=1S/C22H27FN2O4S2/c23-20-6-9-21(10-7-20)30(26,27)16-2-11-24-12-14-25(15-13-24)31(28,29)22-8-5-18-3-1-4-19(18)17-22/h5-10,17H,1-4,11-16H2. The van der Waals surface area contributed by atoms with Crippen LogP contribution in [0.2, 0.25) is 0 Å². The first-order valence-electron chi connectivity index (χ1n) is 10.6. The molecule has 0 atom stereocenters. The average Bonchev–Trinajstić information content (AvgIpc) is 3.22. The van der Waals surface area contributed by atoms with Gasteiger partial charge >= 0.3 is 0 Å². The van der Waals surface area contributed by atoms with E-state index in [0.717, 1.165) is 37.0 Å². The molecule has 6 nitrogen and oxygen atoms in total. The molecule has 0 N–H and O–H groups in total. The van der Waals surface area contributed by atoms with Gasteiger partial charge in [-0.1, -0.05) is 6.07 Å². The molecule has 0 aromatic heterocycles. The van der Waals surface area contributed by atoms with Crippen molar-refractivity contribution in [3.05, 3.63) is 59.4 Å². The summed E-state index contributed by atoms with van der Waals surface area (Å²) < 4.78 is 65.3. The average molecular weight is 467 g/mol. The molecule has 0 unspecified atom stereocenters. The van der Waals surface area contributed by atoms with E-state index >= 15 is 0 Å². The van der Waals surface area contributed by atoms with E-state index in [-0.39, 0.29) is 10.6 Å². The third-order valence-electron chi connectivity index (χ3n) is 6.10. The molecule has 0 radical (unpaired) electrons. The van der Waals surface area contributed by atoms with Crippen LogP contribution in [0.5, 0.6) is 0 Å². The van der Waals surface area contributed by atoms with Gasteiger partial charge in [0, 0.05) is 26.2 Å². The Kier molecular flexibility index (Phi) is 6.48. The van der Waals surface area contributed by atoms with E-state index in [1.165, 1.54) is 22.0 Å². The molecule has 2 aromatic rings. The smallest absolute Gasteiger partial charge is 0.243 e. The van der Waals surface area contributed by atoms with E-state index in [4.69, 9.17) is 0 Å². The highest BCUT2D eigenvalue weighted by atomic mass is 32.2. The summed E-state index contributed by atoms with van der Waals surface area (Å²) in [5, 5.41) is 0. The van der Waals surface area contributed by atoms with Crippen LogP contribution in [-0.4, -0.2) is 64.5 Å².